The Bertz CT molecular complexity index is 87.8. The van der Waals surface area contributed by atoms with E-state index < -0.39 is 0 Å². The molecule has 0 unspecified atom stereocenters. The molecule has 0 fully saturated rings. The second-order valence-electron chi connectivity index (χ2n) is 2.25. The molecule has 0 aliphatic carbocycles. The molecule has 12 heavy (non-hydrogen) atoms. The Labute approximate surface area is 102 Å². The van der Waals surface area contributed by atoms with Gasteiger partial charge in [0.15, 0.2) is 0 Å². The minimum atomic E-state index is 0. The molecule has 0 saturated heterocycles. The van der Waals surface area contributed by atoms with E-state index in [4.69, 9.17) is 0 Å². The van der Waals surface area contributed by atoms with Gasteiger partial charge in [-0.15, -0.1) is 6.08 Å². The quantitative estimate of drug-likeness (QED) is 0.513. The first kappa shape index (κ1) is 18.5. The van der Waals surface area contributed by atoms with Crippen LogP contribution in [0.5, 0.6) is 0 Å². The third kappa shape index (κ3) is 10.8. The molecule has 0 amide bonds. The van der Waals surface area contributed by atoms with Crippen molar-refractivity contribution in [2.45, 2.75) is 20.3 Å². The molecule has 2 heteroatoms. The van der Waals surface area contributed by atoms with Crippen molar-refractivity contribution in [3.8, 4) is 0 Å². The van der Waals surface area contributed by atoms with Gasteiger partial charge in [0.2, 0.25) is 0 Å². The molecule has 0 aliphatic heterocycles. The van der Waals surface area contributed by atoms with Crippen molar-refractivity contribution in [2.24, 2.45) is 0 Å². The van der Waals surface area contributed by atoms with Gasteiger partial charge in [0.1, 0.15) is 0 Å². The van der Waals surface area contributed by atoms with E-state index in [2.05, 4.69) is 37.8 Å². The molecule has 0 heterocycles. The van der Waals surface area contributed by atoms with Gasteiger partial charge in [0.05, 0.1) is 0 Å². The Balaban J connectivity index is -0.000000405. The van der Waals surface area contributed by atoms with Crippen molar-refractivity contribution in [3.05, 3.63) is 26.5 Å². The average Bonchev–Trinajstić information content (AvgIpc) is 1.99. The fourth-order valence-corrected chi connectivity index (χ4v) is 0.823. The molecular weight excluding hydrogens is 372 g/mol. The summed E-state index contributed by atoms with van der Waals surface area (Å²) >= 11 is 0. The number of likely N-dealkylation sites (N-methyl/N-ethyl adjacent to an activating group) is 1. The summed E-state index contributed by atoms with van der Waals surface area (Å²) in [5.41, 5.74) is 0. The molecule has 70 valence electrons. The van der Waals surface area contributed by atoms with E-state index in [-0.39, 0.29) is 38.5 Å². The predicted molar refractivity (Wildman–Crippen MR) is 53.3 cm³/mol. The van der Waals surface area contributed by atoms with E-state index in [0.717, 1.165) is 26.1 Å². The van der Waals surface area contributed by atoms with E-state index in [0.29, 0.717) is 0 Å². The summed E-state index contributed by atoms with van der Waals surface area (Å²) in [5.74, 6) is 0. The Morgan fingerprint density at radius 2 is 1.67 bits per heavy atom. The maximum Gasteiger partial charge on any atom is 2.00 e. The molecule has 0 saturated carbocycles. The molecule has 0 spiro atoms. The van der Waals surface area contributed by atoms with Gasteiger partial charge in [-0.2, -0.15) is 6.42 Å². The van der Waals surface area contributed by atoms with Crippen LogP contribution in [0.15, 0.2) is 12.2 Å². The zero-order chi connectivity index (χ0) is 7.82. The third-order valence-electron chi connectivity index (χ3n) is 1.59. The van der Waals surface area contributed by atoms with Crippen LogP contribution in [-0.4, -0.2) is 24.5 Å². The largest absolute Gasteiger partial charge is 2.00 e. The molecule has 1 nitrogen and oxygen atoms in total. The van der Waals surface area contributed by atoms with Crippen molar-refractivity contribution in [1.29, 1.82) is 0 Å². The minimum Gasteiger partial charge on any atom is -0.358 e. The zero-order valence-electron chi connectivity index (χ0n) is 8.64. The maximum atomic E-state index is 3.73. The molecule has 0 aromatic rings. The number of nitrogens with zero attached hydrogens (tertiary/aromatic N) is 1. The third-order valence-corrected chi connectivity index (χ3v) is 1.59. The number of rotatable bonds is 5. The van der Waals surface area contributed by atoms with Gasteiger partial charge in [-0.05, 0) is 13.1 Å². The van der Waals surface area contributed by atoms with Crippen LogP contribution in [0.25, 0.3) is 0 Å². The van der Waals surface area contributed by atoms with Gasteiger partial charge in [0, 0.05) is 6.54 Å². The van der Waals surface area contributed by atoms with E-state index >= 15 is 0 Å². The van der Waals surface area contributed by atoms with Crippen LogP contribution in [-0.2, 0) is 0 Å². The summed E-state index contributed by atoms with van der Waals surface area (Å²) in [4.78, 5) is 2.37. The standard InChI is InChI=1S/C9H18N.CH3.U/c1-4-7-8-9-10(5-2)6-3;;/h7-8H,1,4-6,9H2,2-3H3;1H3;/q2*-1;+2/b8-7+;;. The number of allylic oxidation sites excluding steroid dienone is 1. The first-order valence-electron chi connectivity index (χ1n) is 4.01. The van der Waals surface area contributed by atoms with Crippen LogP contribution in [0.4, 0.5) is 0 Å². The predicted octanol–water partition coefficient (Wildman–Crippen LogP) is 2.56. The summed E-state index contributed by atoms with van der Waals surface area (Å²) in [6.07, 6.45) is 5.19. The Morgan fingerprint density at radius 3 is 2.00 bits per heavy atom. The summed E-state index contributed by atoms with van der Waals surface area (Å²) in [7, 11) is 0. The SMILES string of the molecule is [CH2-]C/C=C/CN(CC)CC.[CH3-].[U+2]. The molecule has 0 rings (SSSR count). The van der Waals surface area contributed by atoms with Crippen molar-refractivity contribution < 1.29 is 31.1 Å². The van der Waals surface area contributed by atoms with Crippen molar-refractivity contribution in [2.75, 3.05) is 19.6 Å². The molecule has 0 aromatic carbocycles. The Hall–Kier alpha value is 0.752. The fraction of sp³-hybridized carbons (Fsp3) is 0.600. The van der Waals surface area contributed by atoms with Crippen molar-refractivity contribution in [1.82, 2.24) is 4.90 Å². The summed E-state index contributed by atoms with van der Waals surface area (Å²) in [5, 5.41) is 0. The average molecular weight is 393 g/mol. The van der Waals surface area contributed by atoms with Crippen LogP contribution in [0.3, 0.4) is 0 Å². The Morgan fingerprint density at radius 1 is 1.17 bits per heavy atom. The van der Waals surface area contributed by atoms with Crippen LogP contribution in [0.2, 0.25) is 0 Å². The van der Waals surface area contributed by atoms with Gasteiger partial charge in [-0.25, -0.2) is 0 Å². The first-order chi connectivity index (χ1) is 4.85. The number of hydrogen-bond acceptors (Lipinski definition) is 1. The Kier molecular flexibility index (Phi) is 22.0. The minimum absolute atomic E-state index is 0. The molecule has 0 atom stereocenters. The monoisotopic (exact) mass is 393 g/mol. The second kappa shape index (κ2) is 14.3. The van der Waals surface area contributed by atoms with Gasteiger partial charge < -0.3 is 19.3 Å². The van der Waals surface area contributed by atoms with Gasteiger partial charge in [0.25, 0.3) is 0 Å². The van der Waals surface area contributed by atoms with Gasteiger partial charge in [-0.3, -0.25) is 0 Å². The molecular formula is C10H21NU. The summed E-state index contributed by atoms with van der Waals surface area (Å²) in [6.45, 7) is 11.4. The molecule has 0 aliphatic rings. The smallest absolute Gasteiger partial charge is 0.358 e. The first-order valence-corrected chi connectivity index (χ1v) is 4.01. The van der Waals surface area contributed by atoms with Crippen LogP contribution >= 0.6 is 0 Å². The van der Waals surface area contributed by atoms with Crippen LogP contribution in [0.1, 0.15) is 20.3 Å². The maximum absolute atomic E-state index is 3.73. The summed E-state index contributed by atoms with van der Waals surface area (Å²) < 4.78 is 0. The van der Waals surface area contributed by atoms with Gasteiger partial charge >= 0.3 is 31.1 Å². The summed E-state index contributed by atoms with van der Waals surface area (Å²) in [6, 6.07) is 0. The second-order valence-corrected chi connectivity index (χ2v) is 2.25. The molecule has 0 radical (unpaired) electrons. The topological polar surface area (TPSA) is 3.24 Å². The van der Waals surface area contributed by atoms with E-state index in [1.54, 1.807) is 0 Å². The normalized spacial score (nSPS) is 9.67. The fourth-order valence-electron chi connectivity index (χ4n) is 0.823. The van der Waals surface area contributed by atoms with Gasteiger partial charge in [-0.1, -0.05) is 19.9 Å². The van der Waals surface area contributed by atoms with E-state index in [9.17, 15) is 0 Å². The zero-order valence-corrected chi connectivity index (χ0v) is 12.8. The number of hydrogen-bond donors (Lipinski definition) is 0. The van der Waals surface area contributed by atoms with Crippen molar-refractivity contribution >= 4 is 0 Å². The van der Waals surface area contributed by atoms with E-state index in [1.165, 1.54) is 0 Å². The van der Waals surface area contributed by atoms with Crippen LogP contribution < -0.4 is 0 Å². The van der Waals surface area contributed by atoms with Crippen molar-refractivity contribution in [3.63, 3.8) is 0 Å². The molecule has 0 aromatic heterocycles. The van der Waals surface area contributed by atoms with Crippen LogP contribution in [0, 0.1) is 45.5 Å². The van der Waals surface area contributed by atoms with E-state index in [1.807, 2.05) is 0 Å². The molecule has 0 bridgehead atoms. The molecule has 0 N–H and O–H groups in total.